The normalized spacial score (nSPS) is 32.1. The SMILES string of the molecule is NNC(=O)[C@H]1CC[C@@H](OC2CCC2)CC1. The zero-order valence-electron chi connectivity index (χ0n) is 9.08. The summed E-state index contributed by atoms with van der Waals surface area (Å²) in [5, 5.41) is 0. The molecule has 0 radical (unpaired) electrons. The molecular weight excluding hydrogens is 192 g/mol. The fourth-order valence-corrected chi connectivity index (χ4v) is 2.36. The van der Waals surface area contributed by atoms with Crippen molar-refractivity contribution in [2.24, 2.45) is 11.8 Å². The first-order chi connectivity index (χ1) is 7.29. The maximum absolute atomic E-state index is 11.3. The van der Waals surface area contributed by atoms with E-state index in [0.29, 0.717) is 12.2 Å². The molecule has 2 rings (SSSR count). The van der Waals surface area contributed by atoms with E-state index in [1.54, 1.807) is 0 Å². The lowest BCUT2D eigenvalue weighted by Gasteiger charge is -2.34. The van der Waals surface area contributed by atoms with E-state index in [1.165, 1.54) is 19.3 Å². The summed E-state index contributed by atoms with van der Waals surface area (Å²) in [5.41, 5.74) is 2.23. The molecule has 2 aliphatic carbocycles. The predicted octanol–water partition coefficient (Wildman–Crippen LogP) is 1.10. The summed E-state index contributed by atoms with van der Waals surface area (Å²) in [6.45, 7) is 0. The van der Waals surface area contributed by atoms with Crippen LogP contribution in [0.5, 0.6) is 0 Å². The minimum atomic E-state index is -0.0166. The van der Waals surface area contributed by atoms with Gasteiger partial charge in [0.1, 0.15) is 0 Å². The third-order valence-corrected chi connectivity index (χ3v) is 3.62. The number of nitrogens with two attached hydrogens (primary N) is 1. The third kappa shape index (κ3) is 2.69. The summed E-state index contributed by atoms with van der Waals surface area (Å²) in [5.74, 6) is 5.21. The van der Waals surface area contributed by atoms with Gasteiger partial charge < -0.3 is 4.74 Å². The smallest absolute Gasteiger partial charge is 0.236 e. The first-order valence-corrected chi connectivity index (χ1v) is 5.95. The van der Waals surface area contributed by atoms with E-state index in [-0.39, 0.29) is 11.8 Å². The van der Waals surface area contributed by atoms with Gasteiger partial charge in [-0.3, -0.25) is 10.2 Å². The Morgan fingerprint density at radius 3 is 2.13 bits per heavy atom. The topological polar surface area (TPSA) is 64.3 Å². The Hall–Kier alpha value is -0.610. The van der Waals surface area contributed by atoms with Gasteiger partial charge in [0, 0.05) is 5.92 Å². The molecule has 0 heterocycles. The van der Waals surface area contributed by atoms with Crippen LogP contribution in [0.2, 0.25) is 0 Å². The molecule has 0 aromatic rings. The summed E-state index contributed by atoms with van der Waals surface area (Å²) >= 11 is 0. The Bertz CT molecular complexity index is 221. The van der Waals surface area contributed by atoms with Crippen LogP contribution in [0.15, 0.2) is 0 Å². The van der Waals surface area contributed by atoms with Gasteiger partial charge in [-0.05, 0) is 44.9 Å². The lowest BCUT2D eigenvalue weighted by molar-refractivity contribution is -0.128. The standard InChI is InChI=1S/C11H20N2O2/c12-13-11(14)8-4-6-10(7-5-8)15-9-2-1-3-9/h8-10H,1-7,12H2,(H,13,14)/t8-,10+. The van der Waals surface area contributed by atoms with E-state index in [0.717, 1.165) is 25.7 Å². The maximum Gasteiger partial charge on any atom is 0.236 e. The van der Waals surface area contributed by atoms with Gasteiger partial charge >= 0.3 is 0 Å². The molecule has 2 aliphatic rings. The van der Waals surface area contributed by atoms with E-state index >= 15 is 0 Å². The van der Waals surface area contributed by atoms with Gasteiger partial charge in [-0.25, -0.2) is 5.84 Å². The lowest BCUT2D eigenvalue weighted by atomic mass is 9.86. The van der Waals surface area contributed by atoms with Crippen molar-refractivity contribution in [3.05, 3.63) is 0 Å². The highest BCUT2D eigenvalue weighted by molar-refractivity contribution is 5.77. The summed E-state index contributed by atoms with van der Waals surface area (Å²) in [6, 6.07) is 0. The van der Waals surface area contributed by atoms with Gasteiger partial charge in [0.25, 0.3) is 0 Å². The highest BCUT2D eigenvalue weighted by atomic mass is 16.5. The molecule has 4 heteroatoms. The molecular formula is C11H20N2O2. The van der Waals surface area contributed by atoms with Crippen molar-refractivity contribution in [2.45, 2.75) is 57.2 Å². The fourth-order valence-electron chi connectivity index (χ4n) is 2.36. The van der Waals surface area contributed by atoms with Crippen LogP contribution in [0, 0.1) is 5.92 Å². The second-order valence-corrected chi connectivity index (χ2v) is 4.67. The van der Waals surface area contributed by atoms with E-state index in [4.69, 9.17) is 10.6 Å². The first kappa shape index (κ1) is 10.9. The molecule has 0 bridgehead atoms. The van der Waals surface area contributed by atoms with Gasteiger partial charge in [-0.2, -0.15) is 0 Å². The fraction of sp³-hybridized carbons (Fsp3) is 0.909. The van der Waals surface area contributed by atoms with Gasteiger partial charge in [0.2, 0.25) is 5.91 Å². The van der Waals surface area contributed by atoms with Crippen molar-refractivity contribution in [2.75, 3.05) is 0 Å². The molecule has 0 aromatic heterocycles. The van der Waals surface area contributed by atoms with Crippen molar-refractivity contribution < 1.29 is 9.53 Å². The van der Waals surface area contributed by atoms with Crippen LogP contribution in [-0.4, -0.2) is 18.1 Å². The van der Waals surface area contributed by atoms with Crippen LogP contribution in [0.1, 0.15) is 44.9 Å². The largest absolute Gasteiger partial charge is 0.375 e. The summed E-state index contributed by atoms with van der Waals surface area (Å²) in [4.78, 5) is 11.3. The van der Waals surface area contributed by atoms with E-state index < -0.39 is 0 Å². The number of carbonyl (C=O) groups excluding carboxylic acids is 1. The molecule has 3 N–H and O–H groups in total. The summed E-state index contributed by atoms with van der Waals surface area (Å²) < 4.78 is 5.93. The van der Waals surface area contributed by atoms with Crippen LogP contribution in [0.25, 0.3) is 0 Å². The molecule has 4 nitrogen and oxygen atoms in total. The number of hydrogen-bond donors (Lipinski definition) is 2. The molecule has 2 fully saturated rings. The molecule has 0 aliphatic heterocycles. The second-order valence-electron chi connectivity index (χ2n) is 4.67. The van der Waals surface area contributed by atoms with Gasteiger partial charge in [0.05, 0.1) is 12.2 Å². The number of rotatable bonds is 3. The van der Waals surface area contributed by atoms with Crippen molar-refractivity contribution in [1.82, 2.24) is 5.43 Å². The quantitative estimate of drug-likeness (QED) is 0.418. The second kappa shape index (κ2) is 4.94. The average Bonchev–Trinajstić information content (AvgIpc) is 2.23. The zero-order valence-corrected chi connectivity index (χ0v) is 9.08. The number of hydrogen-bond acceptors (Lipinski definition) is 3. The predicted molar refractivity (Wildman–Crippen MR) is 56.8 cm³/mol. The first-order valence-electron chi connectivity index (χ1n) is 5.95. The Labute approximate surface area is 90.5 Å². The van der Waals surface area contributed by atoms with Crippen LogP contribution < -0.4 is 11.3 Å². The molecule has 1 amide bonds. The summed E-state index contributed by atoms with van der Waals surface area (Å²) in [7, 11) is 0. The van der Waals surface area contributed by atoms with Gasteiger partial charge in [-0.15, -0.1) is 0 Å². The average molecular weight is 212 g/mol. The third-order valence-electron chi connectivity index (χ3n) is 3.62. The lowest BCUT2D eigenvalue weighted by Crippen LogP contribution is -2.39. The van der Waals surface area contributed by atoms with Gasteiger partial charge in [0.15, 0.2) is 0 Å². The molecule has 0 spiro atoms. The minimum absolute atomic E-state index is 0.0166. The van der Waals surface area contributed by atoms with E-state index in [9.17, 15) is 4.79 Å². The van der Waals surface area contributed by atoms with Crippen molar-refractivity contribution >= 4 is 5.91 Å². The van der Waals surface area contributed by atoms with E-state index in [2.05, 4.69) is 5.43 Å². The number of amides is 1. The van der Waals surface area contributed by atoms with Crippen LogP contribution >= 0.6 is 0 Å². The zero-order chi connectivity index (χ0) is 10.7. The van der Waals surface area contributed by atoms with Crippen LogP contribution in [0.4, 0.5) is 0 Å². The number of ether oxygens (including phenoxy) is 1. The van der Waals surface area contributed by atoms with Crippen LogP contribution in [0.3, 0.4) is 0 Å². The molecule has 15 heavy (non-hydrogen) atoms. The molecule has 0 aromatic carbocycles. The Kier molecular flexibility index (Phi) is 3.59. The Morgan fingerprint density at radius 1 is 1.07 bits per heavy atom. The number of nitrogens with one attached hydrogen (secondary N) is 1. The van der Waals surface area contributed by atoms with Crippen molar-refractivity contribution in [1.29, 1.82) is 0 Å². The Morgan fingerprint density at radius 2 is 1.67 bits per heavy atom. The van der Waals surface area contributed by atoms with E-state index in [1.807, 2.05) is 0 Å². The summed E-state index contributed by atoms with van der Waals surface area (Å²) in [6.07, 6.45) is 8.51. The maximum atomic E-state index is 11.3. The van der Waals surface area contributed by atoms with Crippen LogP contribution in [-0.2, 0) is 9.53 Å². The highest BCUT2D eigenvalue weighted by Gasteiger charge is 2.29. The van der Waals surface area contributed by atoms with Gasteiger partial charge in [-0.1, -0.05) is 0 Å². The molecule has 2 saturated carbocycles. The monoisotopic (exact) mass is 212 g/mol. The Balaban J connectivity index is 1.69. The molecule has 0 unspecified atom stereocenters. The number of carbonyl (C=O) groups is 1. The molecule has 0 atom stereocenters. The highest BCUT2D eigenvalue weighted by Crippen LogP contribution is 2.31. The number of hydrazine groups is 1. The van der Waals surface area contributed by atoms with Crippen molar-refractivity contribution in [3.8, 4) is 0 Å². The molecule has 0 saturated heterocycles. The molecule has 86 valence electrons. The minimum Gasteiger partial charge on any atom is -0.375 e. The van der Waals surface area contributed by atoms with Crippen molar-refractivity contribution in [3.63, 3.8) is 0 Å².